The van der Waals surface area contributed by atoms with Gasteiger partial charge in [-0.25, -0.2) is 0 Å². The van der Waals surface area contributed by atoms with Crippen molar-refractivity contribution >= 4 is 0 Å². The fraction of sp³-hybridized carbons (Fsp3) is 1.00. The van der Waals surface area contributed by atoms with Crippen molar-refractivity contribution in [1.82, 2.24) is 10.6 Å². The number of nitrogens with one attached hydrogen (secondary N) is 2. The maximum atomic E-state index is 6.25. The molecule has 0 saturated carbocycles. The highest BCUT2D eigenvalue weighted by molar-refractivity contribution is 4.83. The molecule has 3 unspecified atom stereocenters. The molecule has 0 rings (SSSR count). The van der Waals surface area contributed by atoms with Gasteiger partial charge in [0, 0.05) is 12.6 Å². The molecule has 0 aliphatic rings. The van der Waals surface area contributed by atoms with Crippen LogP contribution in [0.3, 0.4) is 0 Å². The molecule has 128 valence electrons. The molecule has 0 fully saturated rings. The van der Waals surface area contributed by atoms with Crippen molar-refractivity contribution in [3.05, 3.63) is 0 Å². The first-order valence-electron chi connectivity index (χ1n) is 8.24. The summed E-state index contributed by atoms with van der Waals surface area (Å²) in [6.45, 7) is 10.2. The zero-order valence-corrected chi connectivity index (χ0v) is 14.0. The lowest BCUT2D eigenvalue weighted by Gasteiger charge is -2.31. The molecular weight excluding hydrogens is 264 g/mol. The van der Waals surface area contributed by atoms with Crippen LogP contribution in [0, 0.1) is 11.3 Å². The molecule has 10 N–H and O–H groups in total. The lowest BCUT2D eigenvalue weighted by Crippen LogP contribution is -2.43. The van der Waals surface area contributed by atoms with E-state index in [1.54, 1.807) is 0 Å². The molecule has 21 heavy (non-hydrogen) atoms. The number of nitrogens with two attached hydrogens (primary N) is 4. The van der Waals surface area contributed by atoms with Crippen LogP contribution < -0.4 is 33.6 Å². The molecule has 6 nitrogen and oxygen atoms in total. The van der Waals surface area contributed by atoms with Crippen LogP contribution in [0.2, 0.25) is 0 Å². The fourth-order valence-corrected chi connectivity index (χ4v) is 2.30. The second kappa shape index (κ2) is 12.3. The van der Waals surface area contributed by atoms with E-state index < -0.39 is 0 Å². The third-order valence-corrected chi connectivity index (χ3v) is 3.94. The van der Waals surface area contributed by atoms with E-state index in [-0.39, 0.29) is 11.5 Å². The Morgan fingerprint density at radius 3 is 2.38 bits per heavy atom. The second-order valence-corrected chi connectivity index (χ2v) is 6.63. The van der Waals surface area contributed by atoms with Gasteiger partial charge in [0.25, 0.3) is 0 Å². The van der Waals surface area contributed by atoms with Crippen LogP contribution in [0.25, 0.3) is 0 Å². The van der Waals surface area contributed by atoms with Gasteiger partial charge in [-0.3, -0.25) is 0 Å². The molecule has 0 aliphatic heterocycles. The van der Waals surface area contributed by atoms with E-state index in [0.717, 1.165) is 58.5 Å². The molecule has 0 aromatic rings. The highest BCUT2D eigenvalue weighted by atomic mass is 14.9. The summed E-state index contributed by atoms with van der Waals surface area (Å²) in [6, 6.07) is 0.176. The minimum atomic E-state index is 0.0541. The Labute approximate surface area is 130 Å². The highest BCUT2D eigenvalue weighted by Gasteiger charge is 2.24. The van der Waals surface area contributed by atoms with Gasteiger partial charge >= 0.3 is 0 Å². The Morgan fingerprint density at radius 1 is 1.10 bits per heavy atom. The summed E-state index contributed by atoms with van der Waals surface area (Å²) in [4.78, 5) is 0. The van der Waals surface area contributed by atoms with Gasteiger partial charge < -0.3 is 33.6 Å². The number of rotatable bonds is 14. The predicted octanol–water partition coefficient (Wildman–Crippen LogP) is -0.818. The van der Waals surface area contributed by atoms with Crippen LogP contribution in [-0.4, -0.2) is 51.9 Å². The third-order valence-electron chi connectivity index (χ3n) is 3.94. The molecule has 6 heteroatoms. The van der Waals surface area contributed by atoms with Crippen molar-refractivity contribution < 1.29 is 0 Å². The second-order valence-electron chi connectivity index (χ2n) is 6.63. The van der Waals surface area contributed by atoms with Crippen molar-refractivity contribution in [2.24, 2.45) is 34.3 Å². The Balaban J connectivity index is 3.87. The van der Waals surface area contributed by atoms with E-state index in [0.29, 0.717) is 12.5 Å². The summed E-state index contributed by atoms with van der Waals surface area (Å²) < 4.78 is 0. The summed E-state index contributed by atoms with van der Waals surface area (Å²) in [7, 11) is 0. The third kappa shape index (κ3) is 11.0. The largest absolute Gasteiger partial charge is 0.330 e. The van der Waals surface area contributed by atoms with E-state index >= 15 is 0 Å². The van der Waals surface area contributed by atoms with Crippen LogP contribution in [-0.2, 0) is 0 Å². The molecule has 0 amide bonds. The molecule has 3 atom stereocenters. The fourth-order valence-electron chi connectivity index (χ4n) is 2.30. The Kier molecular flexibility index (Phi) is 12.2. The molecular formula is C15H38N6. The summed E-state index contributed by atoms with van der Waals surface area (Å²) >= 11 is 0. The molecule has 0 aromatic carbocycles. The monoisotopic (exact) mass is 302 g/mol. The summed E-state index contributed by atoms with van der Waals surface area (Å²) in [6.07, 6.45) is 2.90. The molecule has 0 aromatic heterocycles. The number of hydrogen-bond acceptors (Lipinski definition) is 6. The predicted molar refractivity (Wildman–Crippen MR) is 92.0 cm³/mol. The molecule has 0 heterocycles. The van der Waals surface area contributed by atoms with Crippen molar-refractivity contribution in [2.75, 3.05) is 45.8 Å². The SMILES string of the molecule is CC(CN)CNCCC(N)CC(C)(CN)CNCCCN. The van der Waals surface area contributed by atoms with Crippen LogP contribution in [0.4, 0.5) is 0 Å². The Bertz CT molecular complexity index is 238. The normalized spacial score (nSPS) is 17.4. The van der Waals surface area contributed by atoms with Gasteiger partial charge in [-0.15, -0.1) is 0 Å². The van der Waals surface area contributed by atoms with Gasteiger partial charge in [-0.2, -0.15) is 0 Å². The van der Waals surface area contributed by atoms with Gasteiger partial charge in [-0.1, -0.05) is 13.8 Å². The average molecular weight is 303 g/mol. The van der Waals surface area contributed by atoms with E-state index in [1.807, 2.05) is 0 Å². The molecule has 0 spiro atoms. The molecule has 0 radical (unpaired) electrons. The smallest absolute Gasteiger partial charge is 0.00570 e. The van der Waals surface area contributed by atoms with Gasteiger partial charge in [0.1, 0.15) is 0 Å². The van der Waals surface area contributed by atoms with Crippen molar-refractivity contribution in [3.63, 3.8) is 0 Å². The molecule has 0 saturated heterocycles. The van der Waals surface area contributed by atoms with Gasteiger partial charge in [0.2, 0.25) is 0 Å². The zero-order valence-electron chi connectivity index (χ0n) is 14.0. The summed E-state index contributed by atoms with van der Waals surface area (Å²) in [5.74, 6) is 0.516. The highest BCUT2D eigenvalue weighted by Crippen LogP contribution is 2.21. The standard InChI is InChI=1S/C15H38N6/c1-13(9-17)10-20-7-4-14(19)8-15(2,11-18)12-21-6-3-5-16/h13-14,20-21H,3-12,16-19H2,1-2H3. The first kappa shape index (κ1) is 20.8. The lowest BCUT2D eigenvalue weighted by molar-refractivity contribution is 0.262. The van der Waals surface area contributed by atoms with Gasteiger partial charge in [-0.05, 0) is 69.9 Å². The Hall–Kier alpha value is -0.240. The van der Waals surface area contributed by atoms with Crippen LogP contribution in [0.1, 0.15) is 33.1 Å². The van der Waals surface area contributed by atoms with E-state index in [1.165, 1.54) is 0 Å². The van der Waals surface area contributed by atoms with E-state index in [9.17, 15) is 0 Å². The Morgan fingerprint density at radius 2 is 1.81 bits per heavy atom. The minimum Gasteiger partial charge on any atom is -0.330 e. The maximum Gasteiger partial charge on any atom is 0.00570 e. The molecule has 0 aliphatic carbocycles. The van der Waals surface area contributed by atoms with Crippen molar-refractivity contribution in [1.29, 1.82) is 0 Å². The average Bonchev–Trinajstić information content (AvgIpc) is 2.47. The topological polar surface area (TPSA) is 128 Å². The minimum absolute atomic E-state index is 0.0541. The van der Waals surface area contributed by atoms with Crippen LogP contribution in [0.5, 0.6) is 0 Å². The maximum absolute atomic E-state index is 6.25. The van der Waals surface area contributed by atoms with Crippen LogP contribution >= 0.6 is 0 Å². The quantitative estimate of drug-likeness (QED) is 0.233. The summed E-state index contributed by atoms with van der Waals surface area (Å²) in [5.41, 5.74) is 23.3. The number of hydrogen-bond donors (Lipinski definition) is 6. The van der Waals surface area contributed by atoms with E-state index in [4.69, 9.17) is 22.9 Å². The first-order valence-corrected chi connectivity index (χ1v) is 8.24. The van der Waals surface area contributed by atoms with Gasteiger partial charge in [0.05, 0.1) is 0 Å². The first-order chi connectivity index (χ1) is 9.97. The molecule has 0 bridgehead atoms. The van der Waals surface area contributed by atoms with Crippen molar-refractivity contribution in [3.8, 4) is 0 Å². The van der Waals surface area contributed by atoms with E-state index in [2.05, 4.69) is 24.5 Å². The van der Waals surface area contributed by atoms with Gasteiger partial charge in [0.15, 0.2) is 0 Å². The zero-order chi connectivity index (χ0) is 16.1. The summed E-state index contributed by atoms with van der Waals surface area (Å²) in [5, 5.41) is 6.84. The lowest BCUT2D eigenvalue weighted by atomic mass is 9.83. The van der Waals surface area contributed by atoms with Crippen molar-refractivity contribution in [2.45, 2.75) is 39.2 Å². The van der Waals surface area contributed by atoms with Crippen LogP contribution in [0.15, 0.2) is 0 Å².